The Labute approximate surface area is 118 Å². The Morgan fingerprint density at radius 3 is 3.10 bits per heavy atom. The summed E-state index contributed by atoms with van der Waals surface area (Å²) in [4.78, 5) is 16.5. The molecule has 0 unspecified atom stereocenters. The minimum atomic E-state index is -0.230. The van der Waals surface area contributed by atoms with Crippen molar-refractivity contribution in [2.24, 2.45) is 0 Å². The second kappa shape index (κ2) is 4.93. The van der Waals surface area contributed by atoms with Gasteiger partial charge in [0, 0.05) is 10.1 Å². The lowest BCUT2D eigenvalue weighted by Crippen LogP contribution is -2.23. The summed E-state index contributed by atoms with van der Waals surface area (Å²) in [6.45, 7) is 2.22. The molecule has 7 heteroatoms. The van der Waals surface area contributed by atoms with Gasteiger partial charge in [-0.2, -0.15) is 4.98 Å². The highest BCUT2D eigenvalue weighted by Gasteiger charge is 2.16. The molecule has 0 fully saturated rings. The number of hydrogen-bond acceptors (Lipinski definition) is 6. The van der Waals surface area contributed by atoms with Crippen LogP contribution in [0.1, 0.15) is 21.1 Å². The minimum Gasteiger partial charge on any atom is -0.397 e. The molecule has 0 bridgehead atoms. The number of nitrogens with zero attached hydrogens (tertiary/aromatic N) is 2. The second-order valence-corrected chi connectivity index (χ2v) is 5.43. The number of fused-ring (bicyclic) bond motifs is 1. The normalized spacial score (nSPS) is 10.8. The lowest BCUT2D eigenvalue weighted by molar-refractivity contribution is 0.0954. The zero-order chi connectivity index (χ0) is 14.1. The van der Waals surface area contributed by atoms with Gasteiger partial charge in [-0.05, 0) is 18.6 Å². The van der Waals surface area contributed by atoms with E-state index < -0.39 is 0 Å². The smallest absolute Gasteiger partial charge is 0.263 e. The predicted molar refractivity (Wildman–Crippen MR) is 76.4 cm³/mol. The Morgan fingerprint density at radius 1 is 1.50 bits per heavy atom. The first-order valence-electron chi connectivity index (χ1n) is 5.97. The van der Waals surface area contributed by atoms with Crippen LogP contribution in [-0.4, -0.2) is 16.0 Å². The molecule has 0 saturated carbocycles. The molecule has 0 spiro atoms. The average molecular weight is 288 g/mol. The Balaban J connectivity index is 1.85. The van der Waals surface area contributed by atoms with Gasteiger partial charge in [0.2, 0.25) is 6.39 Å². The fraction of sp³-hybridized carbons (Fsp3) is 0.154. The van der Waals surface area contributed by atoms with Gasteiger partial charge < -0.3 is 15.6 Å². The van der Waals surface area contributed by atoms with Crippen molar-refractivity contribution in [1.82, 2.24) is 15.5 Å². The highest BCUT2D eigenvalue weighted by Crippen LogP contribution is 2.34. The van der Waals surface area contributed by atoms with E-state index in [2.05, 4.69) is 20.0 Å². The largest absolute Gasteiger partial charge is 0.397 e. The third-order valence-electron chi connectivity index (χ3n) is 2.90. The fourth-order valence-electron chi connectivity index (χ4n) is 1.90. The number of benzene rings is 1. The first kappa shape index (κ1) is 12.6. The van der Waals surface area contributed by atoms with Crippen LogP contribution < -0.4 is 11.1 Å². The molecule has 2 aromatic heterocycles. The molecule has 2 heterocycles. The lowest BCUT2D eigenvalue weighted by Gasteiger charge is -2.00. The van der Waals surface area contributed by atoms with Crippen LogP contribution in [-0.2, 0) is 6.54 Å². The third kappa shape index (κ3) is 2.23. The zero-order valence-corrected chi connectivity index (χ0v) is 11.5. The molecule has 6 nitrogen and oxygen atoms in total. The zero-order valence-electron chi connectivity index (χ0n) is 10.7. The number of nitrogens with two attached hydrogens (primary N) is 1. The number of rotatable bonds is 3. The number of hydrogen-bond donors (Lipinski definition) is 2. The molecule has 0 aliphatic rings. The molecule has 0 radical (unpaired) electrons. The maximum absolute atomic E-state index is 12.1. The fourth-order valence-corrected chi connectivity index (χ4v) is 3.04. The van der Waals surface area contributed by atoms with Crippen LogP contribution in [0.25, 0.3) is 10.1 Å². The Bertz CT molecular complexity index is 764. The van der Waals surface area contributed by atoms with Crippen molar-refractivity contribution in [1.29, 1.82) is 0 Å². The minimum absolute atomic E-state index is 0.210. The second-order valence-electron chi connectivity index (χ2n) is 4.37. The number of carbonyl (C=O) groups excluding carboxylic acids is 1. The molecule has 20 heavy (non-hydrogen) atoms. The highest BCUT2D eigenvalue weighted by molar-refractivity contribution is 7.21. The molecular formula is C13H12N4O2S. The van der Waals surface area contributed by atoms with Crippen LogP contribution in [0.15, 0.2) is 29.1 Å². The number of nitrogen functional groups attached to an aromatic ring is 1. The van der Waals surface area contributed by atoms with Crippen LogP contribution in [0, 0.1) is 6.92 Å². The molecule has 1 amide bonds. The van der Waals surface area contributed by atoms with Gasteiger partial charge in [-0.3, -0.25) is 4.79 Å². The number of carbonyl (C=O) groups is 1. The molecule has 3 rings (SSSR count). The van der Waals surface area contributed by atoms with Crippen molar-refractivity contribution < 1.29 is 9.32 Å². The molecular weight excluding hydrogens is 276 g/mol. The lowest BCUT2D eigenvalue weighted by atomic mass is 10.1. The first-order valence-corrected chi connectivity index (χ1v) is 6.79. The first-order chi connectivity index (χ1) is 9.65. The third-order valence-corrected chi connectivity index (χ3v) is 4.07. The number of aryl methyl sites for hydroxylation is 1. The maximum Gasteiger partial charge on any atom is 0.263 e. The summed E-state index contributed by atoms with van der Waals surface area (Å²) < 4.78 is 5.61. The van der Waals surface area contributed by atoms with Gasteiger partial charge in [0.25, 0.3) is 5.91 Å². The summed E-state index contributed by atoms with van der Waals surface area (Å²) in [6.07, 6.45) is 1.22. The van der Waals surface area contributed by atoms with E-state index in [0.717, 1.165) is 15.6 Å². The van der Waals surface area contributed by atoms with E-state index in [-0.39, 0.29) is 12.5 Å². The van der Waals surface area contributed by atoms with Crippen molar-refractivity contribution in [2.75, 3.05) is 5.73 Å². The summed E-state index contributed by atoms with van der Waals surface area (Å²) in [5.41, 5.74) is 7.69. The van der Waals surface area contributed by atoms with Crippen LogP contribution in [0.2, 0.25) is 0 Å². The standard InChI is InChI=1S/C13H12N4O2S/c1-7-2-3-8-9(4-7)20-12(11(8)14)13(18)15-5-10-16-6-19-17-10/h2-4,6H,5,14H2,1H3,(H,15,18). The Morgan fingerprint density at radius 2 is 2.35 bits per heavy atom. The molecule has 3 N–H and O–H groups in total. The van der Waals surface area contributed by atoms with Gasteiger partial charge in [-0.15, -0.1) is 11.3 Å². The van der Waals surface area contributed by atoms with Crippen LogP contribution in [0.4, 0.5) is 5.69 Å². The molecule has 0 atom stereocenters. The molecule has 0 saturated heterocycles. The number of aromatic nitrogens is 2. The summed E-state index contributed by atoms with van der Waals surface area (Å²) in [6, 6.07) is 5.94. The summed E-state index contributed by atoms with van der Waals surface area (Å²) in [7, 11) is 0. The molecule has 102 valence electrons. The van der Waals surface area contributed by atoms with Gasteiger partial charge in [0.1, 0.15) is 4.88 Å². The Kier molecular flexibility index (Phi) is 3.11. The highest BCUT2D eigenvalue weighted by atomic mass is 32.1. The average Bonchev–Trinajstić information content (AvgIpc) is 3.04. The van der Waals surface area contributed by atoms with E-state index in [1.165, 1.54) is 17.7 Å². The van der Waals surface area contributed by atoms with Crippen LogP contribution >= 0.6 is 11.3 Å². The summed E-state index contributed by atoms with van der Waals surface area (Å²) in [5, 5.41) is 7.26. The topological polar surface area (TPSA) is 94.0 Å². The molecule has 1 aromatic carbocycles. The van der Waals surface area contributed by atoms with E-state index in [4.69, 9.17) is 5.73 Å². The van der Waals surface area contributed by atoms with E-state index in [1.807, 2.05) is 25.1 Å². The summed E-state index contributed by atoms with van der Waals surface area (Å²) in [5.74, 6) is 0.194. The van der Waals surface area contributed by atoms with E-state index >= 15 is 0 Å². The monoisotopic (exact) mass is 288 g/mol. The van der Waals surface area contributed by atoms with Crippen molar-refractivity contribution in [3.8, 4) is 0 Å². The van der Waals surface area contributed by atoms with Crippen LogP contribution in [0.3, 0.4) is 0 Å². The molecule has 0 aliphatic carbocycles. The van der Waals surface area contributed by atoms with Crippen molar-refractivity contribution in [3.05, 3.63) is 40.9 Å². The van der Waals surface area contributed by atoms with Gasteiger partial charge in [-0.1, -0.05) is 17.3 Å². The predicted octanol–water partition coefficient (Wildman–Crippen LogP) is 2.10. The van der Waals surface area contributed by atoms with Crippen LogP contribution in [0.5, 0.6) is 0 Å². The van der Waals surface area contributed by atoms with Gasteiger partial charge >= 0.3 is 0 Å². The van der Waals surface area contributed by atoms with Crippen molar-refractivity contribution in [3.63, 3.8) is 0 Å². The Hall–Kier alpha value is -2.41. The van der Waals surface area contributed by atoms with E-state index in [9.17, 15) is 4.79 Å². The number of anilines is 1. The van der Waals surface area contributed by atoms with Crippen molar-refractivity contribution >= 4 is 33.0 Å². The van der Waals surface area contributed by atoms with Gasteiger partial charge in [-0.25, -0.2) is 0 Å². The maximum atomic E-state index is 12.1. The van der Waals surface area contributed by atoms with Gasteiger partial charge in [0.05, 0.1) is 12.2 Å². The SMILES string of the molecule is Cc1ccc2c(N)c(C(=O)NCc3ncon3)sc2c1. The van der Waals surface area contributed by atoms with Gasteiger partial charge in [0.15, 0.2) is 5.82 Å². The number of thiophene rings is 1. The van der Waals surface area contributed by atoms with Crippen molar-refractivity contribution in [2.45, 2.75) is 13.5 Å². The van der Waals surface area contributed by atoms with E-state index in [0.29, 0.717) is 16.4 Å². The summed E-state index contributed by atoms with van der Waals surface area (Å²) >= 11 is 1.38. The number of amides is 1. The molecule has 3 aromatic rings. The number of nitrogens with one attached hydrogen (secondary N) is 1. The molecule has 0 aliphatic heterocycles. The quantitative estimate of drug-likeness (QED) is 0.769. The van der Waals surface area contributed by atoms with E-state index in [1.54, 1.807) is 0 Å².